The van der Waals surface area contributed by atoms with Crippen LogP contribution in [-0.4, -0.2) is 58.6 Å². The lowest BCUT2D eigenvalue weighted by molar-refractivity contribution is -0.121. The number of nitrogens with zero attached hydrogens (tertiary/aromatic N) is 2. The van der Waals surface area contributed by atoms with Crippen LogP contribution >= 0.6 is 0 Å². The van der Waals surface area contributed by atoms with E-state index in [1.54, 1.807) is 0 Å². The number of primary amides is 1. The van der Waals surface area contributed by atoms with E-state index < -0.39 is 5.60 Å². The van der Waals surface area contributed by atoms with Crippen LogP contribution in [0.1, 0.15) is 44.1 Å². The Morgan fingerprint density at radius 3 is 2.76 bits per heavy atom. The average Bonchev–Trinajstić information content (AvgIpc) is 2.61. The summed E-state index contributed by atoms with van der Waals surface area (Å²) in [5.74, 6) is -0.284. The molecule has 25 heavy (non-hydrogen) atoms. The zero-order valence-electron chi connectivity index (χ0n) is 15.1. The second-order valence-corrected chi connectivity index (χ2v) is 7.67. The van der Waals surface area contributed by atoms with Crippen molar-refractivity contribution in [2.45, 2.75) is 56.7 Å². The van der Waals surface area contributed by atoms with E-state index in [2.05, 4.69) is 21.9 Å². The highest BCUT2D eigenvalue weighted by molar-refractivity contribution is 5.73. The number of piperidine rings is 2. The Hall–Kier alpha value is -1.43. The van der Waals surface area contributed by atoms with Crippen molar-refractivity contribution in [3.63, 3.8) is 0 Å². The van der Waals surface area contributed by atoms with Crippen molar-refractivity contribution >= 4 is 5.91 Å². The van der Waals surface area contributed by atoms with Crippen molar-refractivity contribution in [2.24, 2.45) is 5.73 Å². The number of benzene rings is 1. The Balaban J connectivity index is 1.71. The highest BCUT2D eigenvalue weighted by Gasteiger charge is 2.44. The number of hydrogen-bond donors (Lipinski definition) is 2. The van der Waals surface area contributed by atoms with E-state index in [0.717, 1.165) is 38.9 Å². The van der Waals surface area contributed by atoms with Crippen molar-refractivity contribution in [1.29, 1.82) is 0 Å². The molecule has 3 rings (SSSR count). The summed E-state index contributed by atoms with van der Waals surface area (Å²) >= 11 is 0. The molecule has 5 heteroatoms. The van der Waals surface area contributed by atoms with Gasteiger partial charge in [0.25, 0.3) is 0 Å². The van der Waals surface area contributed by atoms with Gasteiger partial charge in [0, 0.05) is 32.1 Å². The van der Waals surface area contributed by atoms with E-state index in [-0.39, 0.29) is 11.9 Å². The van der Waals surface area contributed by atoms with Gasteiger partial charge in [-0.05, 0) is 44.3 Å². The van der Waals surface area contributed by atoms with Crippen LogP contribution in [0.3, 0.4) is 0 Å². The number of hydrogen-bond acceptors (Lipinski definition) is 4. The van der Waals surface area contributed by atoms with Gasteiger partial charge in [-0.25, -0.2) is 0 Å². The second kappa shape index (κ2) is 8.30. The minimum atomic E-state index is -0.689. The fourth-order valence-electron chi connectivity index (χ4n) is 4.52. The number of carbonyl (C=O) groups excluding carboxylic acids is 1. The van der Waals surface area contributed by atoms with Crippen LogP contribution in [0.2, 0.25) is 0 Å². The summed E-state index contributed by atoms with van der Waals surface area (Å²) in [7, 11) is 0. The van der Waals surface area contributed by atoms with Crippen LogP contribution in [0.25, 0.3) is 0 Å². The van der Waals surface area contributed by atoms with Gasteiger partial charge in [0.1, 0.15) is 0 Å². The molecule has 5 nitrogen and oxygen atoms in total. The molecular formula is C20H31N3O2. The summed E-state index contributed by atoms with van der Waals surface area (Å²) in [4.78, 5) is 16.0. The zero-order chi connectivity index (χ0) is 17.7. The first-order valence-corrected chi connectivity index (χ1v) is 9.58. The number of rotatable bonds is 7. The topological polar surface area (TPSA) is 69.8 Å². The quantitative estimate of drug-likeness (QED) is 0.790. The second-order valence-electron chi connectivity index (χ2n) is 7.67. The molecule has 0 aliphatic carbocycles. The Bertz CT molecular complexity index is 563. The summed E-state index contributed by atoms with van der Waals surface area (Å²) in [6.07, 6.45) is 5.73. The van der Waals surface area contributed by atoms with Gasteiger partial charge in [-0.15, -0.1) is 0 Å². The van der Waals surface area contributed by atoms with Gasteiger partial charge in [0.15, 0.2) is 0 Å². The molecule has 2 fully saturated rings. The molecule has 2 atom stereocenters. The lowest BCUT2D eigenvalue weighted by atomic mass is 9.79. The van der Waals surface area contributed by atoms with Crippen LogP contribution in [0.4, 0.5) is 0 Å². The van der Waals surface area contributed by atoms with E-state index in [4.69, 9.17) is 5.73 Å². The van der Waals surface area contributed by atoms with E-state index in [9.17, 15) is 9.90 Å². The molecule has 3 N–H and O–H groups in total. The van der Waals surface area contributed by atoms with Gasteiger partial charge in [-0.1, -0.05) is 36.8 Å². The number of carbonyl (C=O) groups is 1. The monoisotopic (exact) mass is 345 g/mol. The highest BCUT2D eigenvalue weighted by Crippen LogP contribution is 2.35. The minimum absolute atomic E-state index is 0.252. The van der Waals surface area contributed by atoms with Crippen molar-refractivity contribution in [3.05, 3.63) is 35.9 Å². The highest BCUT2D eigenvalue weighted by atomic mass is 16.3. The normalized spacial score (nSPS) is 27.2. The van der Waals surface area contributed by atoms with Crippen LogP contribution in [0.15, 0.2) is 30.3 Å². The molecule has 0 spiro atoms. The van der Waals surface area contributed by atoms with Crippen LogP contribution in [0.5, 0.6) is 0 Å². The van der Waals surface area contributed by atoms with Gasteiger partial charge in [0.2, 0.25) is 5.91 Å². The van der Waals surface area contributed by atoms with Gasteiger partial charge < -0.3 is 10.8 Å². The lowest BCUT2D eigenvalue weighted by Crippen LogP contribution is -2.62. The molecule has 0 unspecified atom stereocenters. The Labute approximate surface area is 150 Å². The van der Waals surface area contributed by atoms with Gasteiger partial charge in [-0.2, -0.15) is 0 Å². The molecule has 0 radical (unpaired) electrons. The minimum Gasteiger partial charge on any atom is -0.387 e. The molecule has 1 aromatic rings. The van der Waals surface area contributed by atoms with Gasteiger partial charge >= 0.3 is 0 Å². The Morgan fingerprint density at radius 1 is 1.24 bits per heavy atom. The number of aliphatic hydroxyl groups is 1. The third-order valence-electron chi connectivity index (χ3n) is 5.71. The van der Waals surface area contributed by atoms with E-state index in [1.807, 2.05) is 18.2 Å². The van der Waals surface area contributed by atoms with E-state index >= 15 is 0 Å². The van der Waals surface area contributed by atoms with E-state index in [0.29, 0.717) is 19.5 Å². The van der Waals surface area contributed by atoms with Gasteiger partial charge in [-0.3, -0.25) is 14.6 Å². The molecule has 2 saturated heterocycles. The molecule has 1 amide bonds. The number of amides is 1. The maximum atomic E-state index is 11.5. The Morgan fingerprint density at radius 2 is 2.00 bits per heavy atom. The van der Waals surface area contributed by atoms with E-state index in [1.165, 1.54) is 18.4 Å². The molecule has 0 saturated carbocycles. The van der Waals surface area contributed by atoms with Crippen LogP contribution in [-0.2, 0) is 11.3 Å². The summed E-state index contributed by atoms with van der Waals surface area (Å²) < 4.78 is 0. The summed E-state index contributed by atoms with van der Waals surface area (Å²) in [5, 5.41) is 11.5. The molecule has 0 aromatic heterocycles. The SMILES string of the molecule is NC(=O)CCN(Cc1ccccc1)C[C@]1(O)CCCN2CCCC[C@@H]21. The predicted octanol–water partition coefficient (Wildman–Crippen LogP) is 1.74. The third kappa shape index (κ3) is 4.81. The smallest absolute Gasteiger partial charge is 0.218 e. The summed E-state index contributed by atoms with van der Waals surface area (Å²) in [5.41, 5.74) is 5.88. The molecular weight excluding hydrogens is 314 g/mol. The maximum Gasteiger partial charge on any atom is 0.218 e. The molecule has 1 aromatic carbocycles. The summed E-state index contributed by atoms with van der Waals surface area (Å²) in [6.45, 7) is 4.15. The first kappa shape index (κ1) is 18.4. The number of nitrogens with two attached hydrogens (primary N) is 1. The van der Waals surface area contributed by atoms with Crippen molar-refractivity contribution in [1.82, 2.24) is 9.80 Å². The maximum absolute atomic E-state index is 11.5. The third-order valence-corrected chi connectivity index (χ3v) is 5.71. The average molecular weight is 345 g/mol. The molecule has 2 aliphatic rings. The van der Waals surface area contributed by atoms with Crippen LogP contribution < -0.4 is 5.73 Å². The fraction of sp³-hybridized carbons (Fsp3) is 0.650. The molecule has 2 aliphatic heterocycles. The van der Waals surface area contributed by atoms with Crippen LogP contribution in [0, 0.1) is 0 Å². The Kier molecular flexibility index (Phi) is 6.10. The summed E-state index contributed by atoms with van der Waals surface area (Å²) in [6, 6.07) is 10.5. The number of fused-ring (bicyclic) bond motifs is 1. The molecule has 2 heterocycles. The largest absolute Gasteiger partial charge is 0.387 e. The molecule has 138 valence electrons. The van der Waals surface area contributed by atoms with Crippen molar-refractivity contribution in [2.75, 3.05) is 26.2 Å². The zero-order valence-corrected chi connectivity index (χ0v) is 15.1. The lowest BCUT2D eigenvalue weighted by Gasteiger charge is -2.51. The van der Waals surface area contributed by atoms with Crippen molar-refractivity contribution < 1.29 is 9.90 Å². The standard InChI is InChI=1S/C20H31N3O2/c21-19(24)10-14-22(15-17-7-2-1-3-8-17)16-20(25)11-6-13-23-12-5-4-9-18(20)23/h1-3,7-8,18,25H,4-6,9-16H2,(H2,21,24)/t18-,20-/m1/s1. The van der Waals surface area contributed by atoms with Gasteiger partial charge in [0.05, 0.1) is 5.60 Å². The first-order valence-electron chi connectivity index (χ1n) is 9.58. The predicted molar refractivity (Wildman–Crippen MR) is 98.9 cm³/mol. The fourth-order valence-corrected chi connectivity index (χ4v) is 4.52. The molecule has 0 bridgehead atoms. The van der Waals surface area contributed by atoms with Crippen molar-refractivity contribution in [3.8, 4) is 0 Å². The first-order chi connectivity index (χ1) is 12.1.